The molecule has 0 N–H and O–H groups in total. The molecule has 1 heterocycles. The first-order valence-corrected chi connectivity index (χ1v) is 4.53. The zero-order valence-electron chi connectivity index (χ0n) is 8.12. The van der Waals surface area contributed by atoms with Gasteiger partial charge in [0.05, 0.1) is 24.9 Å². The van der Waals surface area contributed by atoms with Crippen molar-refractivity contribution in [2.75, 3.05) is 20.3 Å². The van der Waals surface area contributed by atoms with Crippen LogP contribution in [-0.2, 0) is 9.47 Å². The van der Waals surface area contributed by atoms with Crippen LogP contribution in [0.15, 0.2) is 0 Å². The SMILES string of the molecule is COCC1CC(OC(C)C)C[N]1. The number of ether oxygens (including phenoxy) is 2. The third-order valence-electron chi connectivity index (χ3n) is 1.93. The van der Waals surface area contributed by atoms with E-state index in [1.165, 1.54) is 0 Å². The molecule has 1 rings (SSSR count). The summed E-state index contributed by atoms with van der Waals surface area (Å²) < 4.78 is 10.7. The minimum Gasteiger partial charge on any atom is -0.383 e. The van der Waals surface area contributed by atoms with E-state index in [9.17, 15) is 0 Å². The highest BCUT2D eigenvalue weighted by atomic mass is 16.5. The van der Waals surface area contributed by atoms with Gasteiger partial charge in [0.15, 0.2) is 0 Å². The first-order valence-electron chi connectivity index (χ1n) is 4.53. The van der Waals surface area contributed by atoms with Crippen molar-refractivity contribution in [1.29, 1.82) is 0 Å². The highest BCUT2D eigenvalue weighted by Crippen LogP contribution is 2.13. The van der Waals surface area contributed by atoms with Crippen molar-refractivity contribution in [2.24, 2.45) is 0 Å². The minimum absolute atomic E-state index is 0.312. The second-order valence-electron chi connectivity index (χ2n) is 3.52. The molecule has 0 saturated carbocycles. The summed E-state index contributed by atoms with van der Waals surface area (Å²) in [4.78, 5) is 0. The average molecular weight is 172 g/mol. The zero-order chi connectivity index (χ0) is 8.97. The molecule has 3 nitrogen and oxygen atoms in total. The van der Waals surface area contributed by atoms with Crippen LogP contribution in [0.4, 0.5) is 0 Å². The summed E-state index contributed by atoms with van der Waals surface area (Å²) in [5, 5.41) is 4.41. The lowest BCUT2D eigenvalue weighted by atomic mass is 10.2. The summed E-state index contributed by atoms with van der Waals surface area (Å²) in [7, 11) is 1.71. The summed E-state index contributed by atoms with van der Waals surface area (Å²) in [6.45, 7) is 5.69. The Bertz CT molecular complexity index is 128. The molecule has 0 bridgehead atoms. The van der Waals surface area contributed by atoms with Crippen molar-refractivity contribution in [2.45, 2.75) is 38.5 Å². The van der Waals surface area contributed by atoms with E-state index in [1.54, 1.807) is 7.11 Å². The minimum atomic E-state index is 0.312. The fourth-order valence-electron chi connectivity index (χ4n) is 1.52. The second-order valence-corrected chi connectivity index (χ2v) is 3.52. The van der Waals surface area contributed by atoms with Crippen molar-refractivity contribution in [1.82, 2.24) is 5.32 Å². The molecule has 0 spiro atoms. The maximum Gasteiger partial charge on any atom is 0.0736 e. The van der Waals surface area contributed by atoms with E-state index in [-0.39, 0.29) is 0 Å². The summed E-state index contributed by atoms with van der Waals surface area (Å²) in [6, 6.07) is 0.360. The van der Waals surface area contributed by atoms with Crippen LogP contribution in [0, 0.1) is 0 Å². The predicted octanol–water partition coefficient (Wildman–Crippen LogP) is 0.803. The van der Waals surface area contributed by atoms with Gasteiger partial charge in [0.25, 0.3) is 0 Å². The molecule has 0 aliphatic carbocycles. The first-order chi connectivity index (χ1) is 5.72. The standard InChI is InChI=1S/C9H18NO2/c1-7(2)12-9-4-8(6-11-3)10-5-9/h7-9H,4-6H2,1-3H3. The largest absolute Gasteiger partial charge is 0.383 e. The predicted molar refractivity (Wildman–Crippen MR) is 47.3 cm³/mol. The van der Waals surface area contributed by atoms with Crippen LogP contribution in [0.3, 0.4) is 0 Å². The lowest BCUT2D eigenvalue weighted by molar-refractivity contribution is 0.0171. The Kier molecular flexibility index (Phi) is 3.98. The molecule has 1 radical (unpaired) electrons. The average Bonchev–Trinajstić information content (AvgIpc) is 2.36. The zero-order valence-corrected chi connectivity index (χ0v) is 8.12. The molecule has 0 aromatic heterocycles. The maximum atomic E-state index is 5.64. The monoisotopic (exact) mass is 172 g/mol. The van der Waals surface area contributed by atoms with Crippen molar-refractivity contribution in [3.63, 3.8) is 0 Å². The van der Waals surface area contributed by atoms with Crippen LogP contribution in [0.2, 0.25) is 0 Å². The summed E-state index contributed by atoms with van der Waals surface area (Å²) in [5.74, 6) is 0. The van der Waals surface area contributed by atoms with Gasteiger partial charge in [-0.1, -0.05) is 0 Å². The first kappa shape index (κ1) is 9.96. The van der Waals surface area contributed by atoms with Crippen molar-refractivity contribution in [3.05, 3.63) is 0 Å². The molecule has 71 valence electrons. The molecule has 0 aromatic rings. The van der Waals surface area contributed by atoms with Gasteiger partial charge in [-0.3, -0.25) is 0 Å². The third kappa shape index (κ3) is 3.09. The fraction of sp³-hybridized carbons (Fsp3) is 1.00. The van der Waals surface area contributed by atoms with Crippen LogP contribution >= 0.6 is 0 Å². The molecule has 2 atom stereocenters. The van der Waals surface area contributed by atoms with Crippen molar-refractivity contribution in [3.8, 4) is 0 Å². The van der Waals surface area contributed by atoms with Crippen molar-refractivity contribution < 1.29 is 9.47 Å². The molecule has 0 aromatic carbocycles. The summed E-state index contributed by atoms with van der Waals surface area (Å²) >= 11 is 0. The number of methoxy groups -OCH3 is 1. The smallest absolute Gasteiger partial charge is 0.0736 e. The molecular formula is C9H18NO2. The Morgan fingerprint density at radius 2 is 2.25 bits per heavy atom. The molecule has 2 unspecified atom stereocenters. The van der Waals surface area contributed by atoms with Gasteiger partial charge in [-0.05, 0) is 20.3 Å². The number of nitrogens with zero attached hydrogens (tertiary/aromatic N) is 1. The molecule has 0 amide bonds. The van der Waals surface area contributed by atoms with Gasteiger partial charge in [0, 0.05) is 13.7 Å². The quantitative estimate of drug-likeness (QED) is 0.628. The Hall–Kier alpha value is -0.120. The van der Waals surface area contributed by atoms with E-state index in [4.69, 9.17) is 9.47 Å². The van der Waals surface area contributed by atoms with E-state index >= 15 is 0 Å². The molecular weight excluding hydrogens is 154 g/mol. The van der Waals surface area contributed by atoms with Crippen LogP contribution in [0.25, 0.3) is 0 Å². The fourth-order valence-corrected chi connectivity index (χ4v) is 1.52. The summed E-state index contributed by atoms with van der Waals surface area (Å²) in [6.07, 6.45) is 1.66. The molecule has 1 aliphatic heterocycles. The highest BCUT2D eigenvalue weighted by molar-refractivity contribution is 4.81. The topological polar surface area (TPSA) is 32.6 Å². The number of rotatable bonds is 4. The molecule has 1 saturated heterocycles. The number of hydrogen-bond acceptors (Lipinski definition) is 2. The lowest BCUT2D eigenvalue weighted by Crippen LogP contribution is -2.19. The maximum absolute atomic E-state index is 5.64. The van der Waals surface area contributed by atoms with Crippen LogP contribution < -0.4 is 5.32 Å². The molecule has 1 aliphatic rings. The van der Waals surface area contributed by atoms with E-state index in [0.29, 0.717) is 18.2 Å². The second kappa shape index (κ2) is 4.80. The van der Waals surface area contributed by atoms with Gasteiger partial charge in [-0.2, -0.15) is 0 Å². The van der Waals surface area contributed by atoms with Crippen LogP contribution in [0.1, 0.15) is 20.3 Å². The van der Waals surface area contributed by atoms with Crippen LogP contribution in [0.5, 0.6) is 0 Å². The molecule has 3 heteroatoms. The number of hydrogen-bond donors (Lipinski definition) is 0. The highest BCUT2D eigenvalue weighted by Gasteiger charge is 2.26. The van der Waals surface area contributed by atoms with Gasteiger partial charge >= 0.3 is 0 Å². The third-order valence-corrected chi connectivity index (χ3v) is 1.93. The lowest BCUT2D eigenvalue weighted by Gasteiger charge is -2.13. The van der Waals surface area contributed by atoms with Crippen molar-refractivity contribution >= 4 is 0 Å². The normalized spacial score (nSPS) is 30.0. The van der Waals surface area contributed by atoms with Gasteiger partial charge < -0.3 is 9.47 Å². The Morgan fingerprint density at radius 1 is 1.50 bits per heavy atom. The van der Waals surface area contributed by atoms with E-state index < -0.39 is 0 Å². The van der Waals surface area contributed by atoms with E-state index in [0.717, 1.165) is 19.6 Å². The Balaban J connectivity index is 2.16. The van der Waals surface area contributed by atoms with Crippen LogP contribution in [-0.4, -0.2) is 38.5 Å². The Labute approximate surface area is 74.4 Å². The summed E-state index contributed by atoms with van der Waals surface area (Å²) in [5.41, 5.74) is 0. The van der Waals surface area contributed by atoms with Gasteiger partial charge in [0.1, 0.15) is 0 Å². The Morgan fingerprint density at radius 3 is 2.83 bits per heavy atom. The van der Waals surface area contributed by atoms with Gasteiger partial charge in [-0.25, -0.2) is 5.32 Å². The van der Waals surface area contributed by atoms with Gasteiger partial charge in [-0.15, -0.1) is 0 Å². The van der Waals surface area contributed by atoms with E-state index in [1.807, 2.05) is 0 Å². The molecule has 12 heavy (non-hydrogen) atoms. The van der Waals surface area contributed by atoms with E-state index in [2.05, 4.69) is 19.2 Å². The molecule has 1 fully saturated rings. The van der Waals surface area contributed by atoms with Gasteiger partial charge in [0.2, 0.25) is 0 Å².